The van der Waals surface area contributed by atoms with Crippen molar-refractivity contribution in [3.8, 4) is 0 Å². The minimum absolute atomic E-state index is 0.207. The lowest BCUT2D eigenvalue weighted by atomic mass is 9.43. The first-order valence-corrected chi connectivity index (χ1v) is 11.8. The van der Waals surface area contributed by atoms with Gasteiger partial charge in [0.1, 0.15) is 5.94 Å². The molecule has 162 valence electrons. The molecule has 2 N–H and O–H groups in total. The topological polar surface area (TPSA) is 74.6 Å². The summed E-state index contributed by atoms with van der Waals surface area (Å²) >= 11 is 0. The molecule has 4 aliphatic rings. The SMILES string of the molecule is C[C@H](CCC(=O)O)[C@H]1CC[C@H]2[C@@H]3C(=C=O)CC4C[C@H](O)CC[C@]4(C)[C@H]3CC[C@]12C. The van der Waals surface area contributed by atoms with Crippen LogP contribution in [-0.2, 0) is 9.59 Å². The van der Waals surface area contributed by atoms with Crippen LogP contribution in [0.4, 0.5) is 0 Å². The lowest BCUT2D eigenvalue weighted by Gasteiger charge is -2.61. The van der Waals surface area contributed by atoms with Crippen LogP contribution in [0.15, 0.2) is 5.57 Å². The van der Waals surface area contributed by atoms with Crippen molar-refractivity contribution in [1.82, 2.24) is 0 Å². The van der Waals surface area contributed by atoms with Gasteiger partial charge in [-0.3, -0.25) is 4.79 Å². The molecule has 4 rings (SSSR count). The van der Waals surface area contributed by atoms with E-state index in [1.807, 2.05) is 0 Å². The Kier molecular flexibility index (Phi) is 5.49. The Bertz CT molecular complexity index is 710. The van der Waals surface area contributed by atoms with E-state index in [2.05, 4.69) is 26.7 Å². The summed E-state index contributed by atoms with van der Waals surface area (Å²) < 4.78 is 0. The maximum Gasteiger partial charge on any atom is 0.303 e. The zero-order valence-electron chi connectivity index (χ0n) is 18.3. The normalized spacial score (nSPS) is 47.5. The first-order valence-electron chi connectivity index (χ1n) is 11.8. The quantitative estimate of drug-likeness (QED) is 0.658. The standard InChI is InChI=1S/C25H38O4/c1-15(4-7-22(28)29)19-5-6-20-23-16(14-26)12-17-13-18(27)8-10-24(17,2)21(23)9-11-25(19,20)3/h15,17-21,23,27H,4-13H2,1-3H3,(H,28,29)/t15-,17?,18-,19-,20+,21+,23+,24+,25-/m1/s1. The van der Waals surface area contributed by atoms with Gasteiger partial charge in [-0.15, -0.1) is 0 Å². The van der Waals surface area contributed by atoms with Gasteiger partial charge >= 0.3 is 5.97 Å². The third kappa shape index (κ3) is 3.31. The summed E-state index contributed by atoms with van der Waals surface area (Å²) in [5, 5.41) is 19.4. The Balaban J connectivity index is 1.61. The molecule has 4 aliphatic carbocycles. The predicted octanol–water partition coefficient (Wildman–Crippen LogP) is 4.88. The van der Waals surface area contributed by atoms with Crippen LogP contribution in [-0.4, -0.2) is 28.2 Å². The Morgan fingerprint density at radius 2 is 1.83 bits per heavy atom. The van der Waals surface area contributed by atoms with Gasteiger partial charge in [-0.2, -0.15) is 0 Å². The van der Waals surface area contributed by atoms with Crippen molar-refractivity contribution in [2.24, 2.45) is 46.3 Å². The molecule has 29 heavy (non-hydrogen) atoms. The zero-order chi connectivity index (χ0) is 21.0. The van der Waals surface area contributed by atoms with E-state index >= 15 is 0 Å². The molecule has 4 saturated carbocycles. The predicted molar refractivity (Wildman–Crippen MR) is 112 cm³/mol. The van der Waals surface area contributed by atoms with E-state index in [4.69, 9.17) is 5.11 Å². The molecule has 0 aromatic heterocycles. The summed E-state index contributed by atoms with van der Waals surface area (Å²) in [4.78, 5) is 23.2. The summed E-state index contributed by atoms with van der Waals surface area (Å²) in [5.41, 5.74) is 1.44. The average molecular weight is 403 g/mol. The summed E-state index contributed by atoms with van der Waals surface area (Å²) in [6.07, 6.45) is 9.11. The van der Waals surface area contributed by atoms with E-state index in [1.165, 1.54) is 6.42 Å². The highest BCUT2D eigenvalue weighted by atomic mass is 16.4. The number of carboxylic acid groups (broad SMARTS) is 1. The number of aliphatic carboxylic acids is 1. The Labute approximate surface area is 175 Å². The second-order valence-corrected chi connectivity index (χ2v) is 11.3. The lowest BCUT2D eigenvalue weighted by molar-refractivity contribution is -0.137. The monoisotopic (exact) mass is 402 g/mol. The number of hydrogen-bond acceptors (Lipinski definition) is 3. The van der Waals surface area contributed by atoms with E-state index in [-0.39, 0.29) is 23.4 Å². The molecular weight excluding hydrogens is 364 g/mol. The summed E-state index contributed by atoms with van der Waals surface area (Å²) in [6.45, 7) is 7.11. The average Bonchev–Trinajstić information content (AvgIpc) is 3.03. The second-order valence-electron chi connectivity index (χ2n) is 11.3. The fraction of sp³-hybridized carbons (Fsp3) is 0.880. The van der Waals surface area contributed by atoms with Gasteiger partial charge < -0.3 is 10.2 Å². The number of carbonyl (C=O) groups is 1. The van der Waals surface area contributed by atoms with Gasteiger partial charge in [0.15, 0.2) is 0 Å². The van der Waals surface area contributed by atoms with Crippen molar-refractivity contribution in [2.45, 2.75) is 91.1 Å². The molecule has 0 aromatic rings. The highest BCUT2D eigenvalue weighted by molar-refractivity contribution is 5.66. The molecule has 0 saturated heterocycles. The number of hydrogen-bond donors (Lipinski definition) is 2. The van der Waals surface area contributed by atoms with Gasteiger partial charge in [-0.25, -0.2) is 4.79 Å². The Morgan fingerprint density at radius 3 is 2.52 bits per heavy atom. The van der Waals surface area contributed by atoms with Crippen molar-refractivity contribution in [3.05, 3.63) is 5.57 Å². The number of aliphatic hydroxyl groups is 1. The molecule has 1 unspecified atom stereocenters. The number of rotatable bonds is 4. The van der Waals surface area contributed by atoms with Crippen molar-refractivity contribution >= 4 is 11.9 Å². The molecule has 0 aliphatic heterocycles. The third-order valence-corrected chi connectivity index (χ3v) is 10.2. The molecule has 4 nitrogen and oxygen atoms in total. The minimum Gasteiger partial charge on any atom is -0.481 e. The van der Waals surface area contributed by atoms with Crippen molar-refractivity contribution in [1.29, 1.82) is 0 Å². The molecule has 0 bridgehead atoms. The molecule has 0 amide bonds. The molecule has 0 aromatic carbocycles. The van der Waals surface area contributed by atoms with Crippen LogP contribution in [0.5, 0.6) is 0 Å². The van der Waals surface area contributed by atoms with E-state index in [0.29, 0.717) is 35.5 Å². The van der Waals surface area contributed by atoms with Crippen LogP contribution in [0, 0.1) is 46.3 Å². The largest absolute Gasteiger partial charge is 0.481 e. The first kappa shape index (κ1) is 21.1. The fourth-order valence-electron chi connectivity index (χ4n) is 8.61. The summed E-state index contributed by atoms with van der Waals surface area (Å²) in [7, 11) is 0. The number of allylic oxidation sites excluding steroid dienone is 1. The Hall–Kier alpha value is -1.12. The van der Waals surface area contributed by atoms with E-state index in [9.17, 15) is 14.7 Å². The van der Waals surface area contributed by atoms with Crippen LogP contribution >= 0.6 is 0 Å². The van der Waals surface area contributed by atoms with Gasteiger partial charge in [0.2, 0.25) is 0 Å². The van der Waals surface area contributed by atoms with Gasteiger partial charge in [0.05, 0.1) is 6.10 Å². The smallest absolute Gasteiger partial charge is 0.303 e. The number of carbonyl (C=O) groups excluding carboxylic acids is 1. The van der Waals surface area contributed by atoms with Crippen LogP contribution in [0.3, 0.4) is 0 Å². The van der Waals surface area contributed by atoms with Crippen LogP contribution in [0.25, 0.3) is 0 Å². The van der Waals surface area contributed by atoms with Crippen LogP contribution < -0.4 is 0 Å². The maximum absolute atomic E-state index is 12.1. The van der Waals surface area contributed by atoms with Gasteiger partial charge in [0.25, 0.3) is 0 Å². The summed E-state index contributed by atoms with van der Waals surface area (Å²) in [6, 6.07) is 0. The lowest BCUT2D eigenvalue weighted by Crippen LogP contribution is -2.55. The van der Waals surface area contributed by atoms with Crippen molar-refractivity contribution < 1.29 is 19.8 Å². The molecule has 9 atom stereocenters. The highest BCUT2D eigenvalue weighted by Crippen LogP contribution is 2.69. The zero-order valence-corrected chi connectivity index (χ0v) is 18.3. The molecular formula is C25H38O4. The van der Waals surface area contributed by atoms with Gasteiger partial charge in [0, 0.05) is 12.0 Å². The third-order valence-electron chi connectivity index (χ3n) is 10.2. The maximum atomic E-state index is 12.1. The van der Waals surface area contributed by atoms with Crippen molar-refractivity contribution in [2.75, 3.05) is 0 Å². The molecule has 0 heterocycles. The van der Waals surface area contributed by atoms with Gasteiger partial charge in [-0.1, -0.05) is 20.8 Å². The first-order chi connectivity index (χ1) is 13.7. The molecule has 0 spiro atoms. The molecule has 0 radical (unpaired) electrons. The number of aliphatic hydroxyl groups excluding tert-OH is 1. The molecule has 4 fully saturated rings. The number of carboxylic acids is 1. The highest BCUT2D eigenvalue weighted by Gasteiger charge is 2.62. The number of fused-ring (bicyclic) bond motifs is 5. The van der Waals surface area contributed by atoms with Crippen LogP contribution in [0.2, 0.25) is 0 Å². The molecule has 4 heteroatoms. The minimum atomic E-state index is -0.697. The fourth-order valence-corrected chi connectivity index (χ4v) is 8.61. The van der Waals surface area contributed by atoms with Gasteiger partial charge in [-0.05, 0) is 104 Å². The van der Waals surface area contributed by atoms with E-state index in [1.54, 1.807) is 0 Å². The second kappa shape index (κ2) is 7.54. The van der Waals surface area contributed by atoms with E-state index < -0.39 is 5.97 Å². The summed E-state index contributed by atoms with van der Waals surface area (Å²) in [5.74, 6) is 4.49. The van der Waals surface area contributed by atoms with Crippen LogP contribution in [0.1, 0.15) is 85.0 Å². The van der Waals surface area contributed by atoms with Crippen molar-refractivity contribution in [3.63, 3.8) is 0 Å². The van der Waals surface area contributed by atoms with E-state index in [0.717, 1.165) is 56.9 Å². The Morgan fingerprint density at radius 1 is 1.14 bits per heavy atom.